The molecule has 1 unspecified atom stereocenters. The minimum absolute atomic E-state index is 0.297. The van der Waals surface area contributed by atoms with Crippen LogP contribution in [0.15, 0.2) is 71.8 Å². The van der Waals surface area contributed by atoms with E-state index in [9.17, 15) is 9.32 Å². The number of anilines is 3. The van der Waals surface area contributed by atoms with Crippen LogP contribution in [0.1, 0.15) is 6.92 Å². The Hall–Kier alpha value is -3.27. The highest BCUT2D eigenvalue weighted by atomic mass is 32.2. The lowest BCUT2D eigenvalue weighted by Gasteiger charge is -2.36. The Morgan fingerprint density at radius 2 is 1.83 bits per heavy atom. The third kappa shape index (κ3) is 5.37. The highest BCUT2D eigenvalue weighted by Gasteiger charge is 2.18. The molecule has 5 rings (SSSR count). The van der Waals surface area contributed by atoms with Crippen LogP contribution in [0.2, 0.25) is 0 Å². The van der Waals surface area contributed by atoms with Crippen molar-refractivity contribution in [2.75, 3.05) is 49.2 Å². The van der Waals surface area contributed by atoms with Crippen LogP contribution in [0.5, 0.6) is 0 Å². The van der Waals surface area contributed by atoms with Crippen molar-refractivity contribution in [1.82, 2.24) is 19.5 Å². The number of rotatable bonds is 7. The fourth-order valence-electron chi connectivity index (χ4n) is 4.48. The first kappa shape index (κ1) is 23.5. The average molecular weight is 491 g/mol. The first-order chi connectivity index (χ1) is 17.0. The van der Waals surface area contributed by atoms with Gasteiger partial charge in [-0.3, -0.25) is 9.11 Å². The molecule has 8 nitrogen and oxygen atoms in total. The molecule has 0 bridgehead atoms. The lowest BCUT2D eigenvalue weighted by atomic mass is 10.1. The summed E-state index contributed by atoms with van der Waals surface area (Å²) >= 11 is 0. The molecule has 0 saturated carbocycles. The molecule has 1 fully saturated rings. The molecule has 182 valence electrons. The summed E-state index contributed by atoms with van der Waals surface area (Å²) in [7, 11) is -1.01. The first-order valence-corrected chi connectivity index (χ1v) is 13.3. The van der Waals surface area contributed by atoms with Gasteiger partial charge < -0.3 is 15.3 Å². The van der Waals surface area contributed by atoms with Gasteiger partial charge in [0.15, 0.2) is 5.65 Å². The summed E-state index contributed by atoms with van der Waals surface area (Å²) in [5, 5.41) is 17.6. The number of nitrogens with zero attached hydrogens (tertiary/aromatic N) is 5. The third-order valence-electron chi connectivity index (χ3n) is 6.22. The van der Waals surface area contributed by atoms with Crippen LogP contribution in [0.4, 0.5) is 17.3 Å². The van der Waals surface area contributed by atoms with Gasteiger partial charge in [-0.1, -0.05) is 18.2 Å². The second kappa shape index (κ2) is 10.2. The SMILES string of the molecule is C[C@@H](O)CN1CCN(c2cccc(Nc3nc4c(-c5ccc(S(C)=O)cc5)cccn4n3)c2)CC1. The van der Waals surface area contributed by atoms with Crippen molar-refractivity contribution in [2.45, 2.75) is 17.9 Å². The monoisotopic (exact) mass is 490 g/mol. The number of benzene rings is 2. The Morgan fingerprint density at radius 1 is 1.06 bits per heavy atom. The smallest absolute Gasteiger partial charge is 0.247 e. The molecule has 2 atom stereocenters. The van der Waals surface area contributed by atoms with E-state index in [-0.39, 0.29) is 6.10 Å². The maximum absolute atomic E-state index is 11.7. The van der Waals surface area contributed by atoms with Gasteiger partial charge in [-0.25, -0.2) is 4.52 Å². The largest absolute Gasteiger partial charge is 0.392 e. The lowest BCUT2D eigenvalue weighted by Crippen LogP contribution is -2.48. The van der Waals surface area contributed by atoms with E-state index >= 15 is 0 Å². The van der Waals surface area contributed by atoms with Gasteiger partial charge in [-0.05, 0) is 55.0 Å². The number of hydrogen-bond acceptors (Lipinski definition) is 7. The van der Waals surface area contributed by atoms with Gasteiger partial charge in [0.1, 0.15) is 0 Å². The molecule has 4 aromatic rings. The number of aliphatic hydroxyl groups excluding tert-OH is 1. The number of aliphatic hydroxyl groups is 1. The van der Waals surface area contributed by atoms with E-state index in [0.717, 1.165) is 65.8 Å². The summed E-state index contributed by atoms with van der Waals surface area (Å²) in [5.74, 6) is 0.530. The zero-order chi connectivity index (χ0) is 24.4. The quantitative estimate of drug-likeness (QED) is 0.411. The maximum atomic E-state index is 11.7. The van der Waals surface area contributed by atoms with E-state index in [1.165, 1.54) is 0 Å². The van der Waals surface area contributed by atoms with E-state index in [4.69, 9.17) is 4.98 Å². The third-order valence-corrected chi connectivity index (χ3v) is 7.16. The second-order valence-corrected chi connectivity index (χ2v) is 10.3. The van der Waals surface area contributed by atoms with Crippen molar-refractivity contribution >= 4 is 33.8 Å². The van der Waals surface area contributed by atoms with Gasteiger partial charge in [0.25, 0.3) is 0 Å². The molecule has 2 aromatic carbocycles. The zero-order valence-electron chi connectivity index (χ0n) is 20.0. The fourth-order valence-corrected chi connectivity index (χ4v) is 5.00. The molecule has 0 radical (unpaired) electrons. The number of fused-ring (bicyclic) bond motifs is 1. The first-order valence-electron chi connectivity index (χ1n) is 11.8. The molecule has 1 aliphatic rings. The van der Waals surface area contributed by atoms with Crippen molar-refractivity contribution in [3.63, 3.8) is 0 Å². The molecular weight excluding hydrogens is 460 g/mol. The van der Waals surface area contributed by atoms with Crippen LogP contribution in [-0.2, 0) is 10.8 Å². The normalized spacial score (nSPS) is 16.4. The number of hydrogen-bond donors (Lipinski definition) is 2. The molecule has 0 amide bonds. The topological polar surface area (TPSA) is 86.0 Å². The molecule has 0 spiro atoms. The molecule has 9 heteroatoms. The van der Waals surface area contributed by atoms with Crippen LogP contribution >= 0.6 is 0 Å². The second-order valence-electron chi connectivity index (χ2n) is 8.92. The number of piperazine rings is 1. The summed E-state index contributed by atoms with van der Waals surface area (Å²) in [5.41, 5.74) is 4.81. The van der Waals surface area contributed by atoms with Gasteiger partial charge >= 0.3 is 0 Å². The fraction of sp³-hybridized carbons (Fsp3) is 0.308. The predicted octanol–water partition coefficient (Wildman–Crippen LogP) is 3.38. The minimum Gasteiger partial charge on any atom is -0.392 e. The van der Waals surface area contributed by atoms with E-state index in [1.54, 1.807) is 10.8 Å². The van der Waals surface area contributed by atoms with Crippen LogP contribution in [0, 0.1) is 0 Å². The summed E-state index contributed by atoms with van der Waals surface area (Å²) < 4.78 is 13.5. The maximum Gasteiger partial charge on any atom is 0.247 e. The van der Waals surface area contributed by atoms with Gasteiger partial charge in [0, 0.05) is 77.8 Å². The van der Waals surface area contributed by atoms with Crippen molar-refractivity contribution in [1.29, 1.82) is 0 Å². The Balaban J connectivity index is 1.33. The standard InChI is InChI=1S/C26H30N6O2S/c1-19(33)18-30-13-15-31(16-14-30)22-6-3-5-21(17-22)27-26-28-25-24(7-4-12-32(25)29-26)20-8-10-23(11-9-20)35(2)34/h3-12,17,19,33H,13-16,18H2,1-2H3,(H,27,29)/t19-,35?/m1/s1. The van der Waals surface area contributed by atoms with Crippen LogP contribution in [0.25, 0.3) is 16.8 Å². The van der Waals surface area contributed by atoms with Crippen molar-refractivity contribution in [3.05, 3.63) is 66.9 Å². The highest BCUT2D eigenvalue weighted by molar-refractivity contribution is 7.84. The minimum atomic E-state index is -1.01. The van der Waals surface area contributed by atoms with Crippen LogP contribution in [0.3, 0.4) is 0 Å². The Kier molecular flexibility index (Phi) is 6.81. The Morgan fingerprint density at radius 3 is 2.54 bits per heavy atom. The molecule has 3 heterocycles. The Labute approximate surface area is 207 Å². The van der Waals surface area contributed by atoms with E-state index in [2.05, 4.69) is 32.3 Å². The molecule has 2 aromatic heterocycles. The number of β-amino-alcohol motifs (C(OH)–C–C–N with tert-alkyl or cyclic N) is 1. The molecule has 1 aliphatic heterocycles. The van der Waals surface area contributed by atoms with Crippen molar-refractivity contribution in [2.24, 2.45) is 0 Å². The highest BCUT2D eigenvalue weighted by Crippen LogP contribution is 2.27. The van der Waals surface area contributed by atoms with E-state index in [0.29, 0.717) is 5.95 Å². The van der Waals surface area contributed by atoms with Crippen molar-refractivity contribution in [3.8, 4) is 11.1 Å². The van der Waals surface area contributed by atoms with Gasteiger partial charge in [-0.2, -0.15) is 4.98 Å². The summed E-state index contributed by atoms with van der Waals surface area (Å²) in [6.07, 6.45) is 3.27. The van der Waals surface area contributed by atoms with E-state index < -0.39 is 10.8 Å². The predicted molar refractivity (Wildman–Crippen MR) is 141 cm³/mol. The summed E-state index contributed by atoms with van der Waals surface area (Å²) in [6.45, 7) is 6.29. The van der Waals surface area contributed by atoms with Gasteiger partial charge in [0.05, 0.1) is 6.10 Å². The number of nitrogens with one attached hydrogen (secondary N) is 1. The molecule has 1 saturated heterocycles. The number of pyridine rings is 1. The lowest BCUT2D eigenvalue weighted by molar-refractivity contribution is 0.123. The van der Waals surface area contributed by atoms with Gasteiger partial charge in [0.2, 0.25) is 5.95 Å². The summed E-state index contributed by atoms with van der Waals surface area (Å²) in [6, 6.07) is 20.0. The summed E-state index contributed by atoms with van der Waals surface area (Å²) in [4.78, 5) is 10.2. The number of aromatic nitrogens is 3. The van der Waals surface area contributed by atoms with E-state index in [1.807, 2.05) is 61.7 Å². The van der Waals surface area contributed by atoms with Crippen molar-refractivity contribution < 1.29 is 9.32 Å². The van der Waals surface area contributed by atoms with Crippen LogP contribution in [-0.4, -0.2) is 73.9 Å². The molecular formula is C26H30N6O2S. The van der Waals surface area contributed by atoms with Gasteiger partial charge in [-0.15, -0.1) is 5.10 Å². The average Bonchev–Trinajstić information content (AvgIpc) is 3.27. The molecule has 2 N–H and O–H groups in total. The zero-order valence-corrected chi connectivity index (χ0v) is 20.8. The Bertz CT molecular complexity index is 1330. The van der Waals surface area contributed by atoms with Crippen LogP contribution < -0.4 is 10.2 Å². The molecule has 0 aliphatic carbocycles. The molecule has 35 heavy (non-hydrogen) atoms.